The first kappa shape index (κ1) is 58.1. The first-order valence-electron chi connectivity index (χ1n) is 28.6. The lowest BCUT2D eigenvalue weighted by molar-refractivity contribution is 0.0219. The molecule has 6 aliphatic heterocycles. The van der Waals surface area contributed by atoms with E-state index in [-0.39, 0.29) is 62.9 Å². The van der Waals surface area contributed by atoms with Gasteiger partial charge >= 0.3 is 30.3 Å². The number of nitriles is 2. The highest BCUT2D eigenvalue weighted by Gasteiger charge is 2.38. The Morgan fingerprint density at radius 2 is 1.11 bits per heavy atom. The average Bonchev–Trinajstić information content (AvgIpc) is 4.28. The summed E-state index contributed by atoms with van der Waals surface area (Å²) >= 11 is 0. The average molecular weight is 1110 g/mol. The normalized spacial score (nSPS) is 21.1. The number of nitrogens with zero attached hydrogens (tertiary/aromatic N) is 13. The molecular weight excluding hydrogens is 1030 g/mol. The number of benzene rings is 2. The zero-order chi connectivity index (χ0) is 56.9. The van der Waals surface area contributed by atoms with Crippen LogP contribution in [0.5, 0.6) is 12.0 Å². The number of nitrogens with one attached hydrogen (secondary N) is 1. The number of likely N-dealkylation sites (tertiary alicyclic amines) is 2. The van der Waals surface area contributed by atoms with Gasteiger partial charge in [0.1, 0.15) is 43.7 Å². The van der Waals surface area contributed by atoms with Crippen molar-refractivity contribution in [3.8, 4) is 24.2 Å². The number of carbonyl (C=O) groups is 3. The summed E-state index contributed by atoms with van der Waals surface area (Å²) in [6.45, 7) is 14.3. The van der Waals surface area contributed by atoms with Crippen LogP contribution in [0.3, 0.4) is 0 Å². The van der Waals surface area contributed by atoms with E-state index in [1.807, 2.05) is 81.4 Å². The van der Waals surface area contributed by atoms with E-state index < -0.39 is 11.7 Å². The molecule has 0 radical (unpaired) electrons. The highest BCUT2D eigenvalue weighted by molar-refractivity contribution is 5.71. The number of hydrogen-bond donors (Lipinski definition) is 1. The molecule has 4 aromatic rings. The summed E-state index contributed by atoms with van der Waals surface area (Å²) < 4.78 is 29.1. The zero-order valence-corrected chi connectivity index (χ0v) is 47.6. The highest BCUT2D eigenvalue weighted by atomic mass is 16.6. The van der Waals surface area contributed by atoms with Crippen LogP contribution in [0.25, 0.3) is 0 Å². The SMILES string of the molecule is CN1CCC[C@H]1COc1nc2c(c(N3CCN(C(=O)OCc4ccccc4)C(CC#N)C3)n1)CCN(C(=O)OC(C)(C)C)C2.CN1CCC[C@H]1COc1nc2c(c(N3CCN(C(=O)OCc4ccccc4)C(CC#N)C3)n1)CCNC2. The van der Waals surface area contributed by atoms with Crippen molar-refractivity contribution in [1.29, 1.82) is 10.5 Å². The smallest absolute Gasteiger partial charge is 0.410 e. The third-order valence-corrected chi connectivity index (χ3v) is 15.8. The zero-order valence-electron chi connectivity index (χ0n) is 47.6. The number of anilines is 2. The Morgan fingerprint density at radius 1 is 0.617 bits per heavy atom. The van der Waals surface area contributed by atoms with Gasteiger partial charge in [-0.25, -0.2) is 14.4 Å². The van der Waals surface area contributed by atoms with Crippen molar-refractivity contribution in [2.75, 3.05) is 103 Å². The minimum Gasteiger partial charge on any atom is -0.462 e. The quantitative estimate of drug-likeness (QED) is 0.136. The molecule has 0 bridgehead atoms. The van der Waals surface area contributed by atoms with E-state index in [4.69, 9.17) is 43.6 Å². The van der Waals surface area contributed by atoms with Gasteiger partial charge in [0.05, 0.1) is 55.0 Å². The Labute approximate surface area is 475 Å². The van der Waals surface area contributed by atoms with Gasteiger partial charge in [0.25, 0.3) is 0 Å². The van der Waals surface area contributed by atoms with Gasteiger partial charge in [0.15, 0.2) is 0 Å². The van der Waals surface area contributed by atoms with Crippen molar-refractivity contribution < 1.29 is 38.1 Å². The molecule has 10 rings (SSSR count). The van der Waals surface area contributed by atoms with Gasteiger partial charge in [0, 0.05) is 75.6 Å². The van der Waals surface area contributed by atoms with Crippen molar-refractivity contribution in [3.63, 3.8) is 0 Å². The third kappa shape index (κ3) is 15.3. The van der Waals surface area contributed by atoms with Crippen LogP contribution in [0, 0.1) is 22.7 Å². The molecule has 81 heavy (non-hydrogen) atoms. The van der Waals surface area contributed by atoms with Gasteiger partial charge < -0.3 is 63.3 Å². The lowest BCUT2D eigenvalue weighted by Crippen LogP contribution is -2.56. The van der Waals surface area contributed by atoms with E-state index in [9.17, 15) is 24.9 Å². The number of aromatic nitrogens is 4. The minimum atomic E-state index is -0.604. The fourth-order valence-electron chi connectivity index (χ4n) is 11.3. The summed E-state index contributed by atoms with van der Waals surface area (Å²) in [5.41, 5.74) is 5.00. The Hall–Kier alpha value is -7.53. The van der Waals surface area contributed by atoms with Gasteiger partial charge in [-0.1, -0.05) is 60.7 Å². The molecule has 1 N–H and O–H groups in total. The van der Waals surface area contributed by atoms with Crippen LogP contribution < -0.4 is 24.6 Å². The van der Waals surface area contributed by atoms with E-state index in [1.54, 1.807) is 14.7 Å². The monoisotopic (exact) mass is 1110 g/mol. The second-order valence-corrected chi connectivity index (χ2v) is 22.7. The van der Waals surface area contributed by atoms with Crippen molar-refractivity contribution >= 4 is 29.9 Å². The maximum absolute atomic E-state index is 13.1. The molecule has 432 valence electrons. The molecule has 4 saturated heterocycles. The Kier molecular flexibility index (Phi) is 19.6. The van der Waals surface area contributed by atoms with Gasteiger partial charge in [-0.15, -0.1) is 0 Å². The lowest BCUT2D eigenvalue weighted by atomic mass is 10.0. The predicted octanol–water partition coefficient (Wildman–Crippen LogP) is 6.32. The first-order chi connectivity index (χ1) is 39.2. The summed E-state index contributed by atoms with van der Waals surface area (Å²) in [4.78, 5) is 72.1. The lowest BCUT2D eigenvalue weighted by Gasteiger charge is -2.41. The Morgan fingerprint density at radius 3 is 1.58 bits per heavy atom. The molecule has 8 heterocycles. The van der Waals surface area contributed by atoms with Crippen LogP contribution in [0.2, 0.25) is 0 Å². The van der Waals surface area contributed by atoms with Crippen molar-refractivity contribution in [3.05, 3.63) is 94.3 Å². The predicted molar refractivity (Wildman–Crippen MR) is 301 cm³/mol. The number of rotatable bonds is 14. The van der Waals surface area contributed by atoms with Crippen molar-refractivity contribution in [2.24, 2.45) is 0 Å². The van der Waals surface area contributed by atoms with Crippen LogP contribution in [0.1, 0.15) is 92.9 Å². The molecule has 0 aliphatic carbocycles. The molecule has 3 amide bonds. The second-order valence-electron chi connectivity index (χ2n) is 22.7. The van der Waals surface area contributed by atoms with Crippen molar-refractivity contribution in [1.82, 2.24) is 49.8 Å². The Bertz CT molecular complexity index is 2860. The van der Waals surface area contributed by atoms with Gasteiger partial charge in [-0.3, -0.25) is 0 Å². The summed E-state index contributed by atoms with van der Waals surface area (Å²) in [5.74, 6) is 1.59. The Balaban J connectivity index is 0.000000198. The van der Waals surface area contributed by atoms with Crippen molar-refractivity contribution in [2.45, 2.75) is 128 Å². The largest absolute Gasteiger partial charge is 0.462 e. The number of hydrogen-bond acceptors (Lipinski definition) is 19. The second kappa shape index (κ2) is 27.3. The number of fused-ring (bicyclic) bond motifs is 2. The fourth-order valence-corrected chi connectivity index (χ4v) is 11.3. The fraction of sp³-hybridized carbons (Fsp3) is 0.576. The van der Waals surface area contributed by atoms with E-state index >= 15 is 0 Å². The molecule has 6 aliphatic rings. The van der Waals surface area contributed by atoms with Gasteiger partial charge in [-0.05, 0) is 104 Å². The third-order valence-electron chi connectivity index (χ3n) is 15.8. The van der Waals surface area contributed by atoms with E-state index in [2.05, 4.69) is 51.2 Å². The van der Waals surface area contributed by atoms with E-state index in [0.717, 1.165) is 90.6 Å². The summed E-state index contributed by atoms with van der Waals surface area (Å²) in [6, 6.07) is 24.3. The number of likely N-dealkylation sites (N-methyl/N-ethyl adjacent to an activating group) is 2. The minimum absolute atomic E-state index is 0.161. The summed E-state index contributed by atoms with van der Waals surface area (Å²) in [6.07, 6.45) is 5.06. The topological polar surface area (TPSA) is 231 Å². The molecule has 2 aromatic heterocycles. The molecule has 22 nitrogen and oxygen atoms in total. The van der Waals surface area contributed by atoms with Crippen LogP contribution in [0.4, 0.5) is 26.0 Å². The molecule has 22 heteroatoms. The van der Waals surface area contributed by atoms with E-state index in [1.165, 1.54) is 6.42 Å². The summed E-state index contributed by atoms with van der Waals surface area (Å²) in [5, 5.41) is 22.5. The molecule has 2 unspecified atom stereocenters. The van der Waals surface area contributed by atoms with Crippen LogP contribution >= 0.6 is 0 Å². The summed E-state index contributed by atoms with van der Waals surface area (Å²) in [7, 11) is 4.22. The molecule has 2 aromatic carbocycles. The molecule has 0 saturated carbocycles. The standard InChI is InChI=1S/C32H43N7O5.C27H35N7O3/c1-32(2,3)44-30(40)38-16-13-26-27(20-38)34-29(42-22-25-11-8-15-36(25)4)35-28(26)37-17-18-39(24(19-37)12-14-33)31(41)43-21-23-9-6-5-7-10-23;1-32-13-5-8-22(32)19-36-26-30-24-16-29-12-10-23(24)25(31-26)33-14-15-34(21(17-33)9-11-28)27(35)37-18-20-6-3-2-4-7-20/h5-7,9-10,24-25H,8,11-13,15-22H2,1-4H3;2-4,6-7,21-22,29H,5,8-10,12-19H2,1H3/t24?,25-;21?,22-/m00/s1. The van der Waals surface area contributed by atoms with Gasteiger partial charge in [-0.2, -0.15) is 30.5 Å². The number of carbonyl (C=O) groups excluding carboxylic acids is 3. The molecular formula is C59H78N14O8. The molecule has 4 atom stereocenters. The first-order valence-corrected chi connectivity index (χ1v) is 28.6. The van der Waals surface area contributed by atoms with Crippen LogP contribution in [0.15, 0.2) is 60.7 Å². The van der Waals surface area contributed by atoms with E-state index in [0.29, 0.717) is 90.1 Å². The molecule has 4 fully saturated rings. The number of amides is 3. The number of ether oxygens (including phenoxy) is 5. The maximum Gasteiger partial charge on any atom is 0.410 e. The van der Waals surface area contributed by atoms with Crippen LogP contribution in [-0.4, -0.2) is 185 Å². The maximum atomic E-state index is 13.1. The highest BCUT2D eigenvalue weighted by Crippen LogP contribution is 2.33. The van der Waals surface area contributed by atoms with Gasteiger partial charge in [0.2, 0.25) is 0 Å². The molecule has 0 spiro atoms. The number of piperazine rings is 2. The van der Waals surface area contributed by atoms with Crippen LogP contribution in [-0.2, 0) is 53.4 Å².